The molecule has 0 saturated carbocycles. The van der Waals surface area contributed by atoms with Crippen molar-refractivity contribution in [3.63, 3.8) is 0 Å². The van der Waals surface area contributed by atoms with E-state index in [1.807, 2.05) is 48.5 Å². The highest BCUT2D eigenvalue weighted by molar-refractivity contribution is 9.10. The Morgan fingerprint density at radius 3 is 2.17 bits per heavy atom. The fourth-order valence-electron chi connectivity index (χ4n) is 2.56. The van der Waals surface area contributed by atoms with E-state index in [4.69, 9.17) is 14.0 Å². The summed E-state index contributed by atoms with van der Waals surface area (Å²) in [6, 6.07) is 16.0. The molecule has 2 aromatic carbocycles. The quantitative estimate of drug-likeness (QED) is 0.729. The lowest BCUT2D eigenvalue weighted by molar-refractivity contribution is 0.00578. The van der Waals surface area contributed by atoms with Crippen molar-refractivity contribution in [1.29, 1.82) is 0 Å². The molecule has 3 nitrogen and oxygen atoms in total. The molecule has 5 heteroatoms. The summed E-state index contributed by atoms with van der Waals surface area (Å²) in [6.45, 7) is 8.70. The number of para-hydroxylation sites is 1. The van der Waals surface area contributed by atoms with Crippen molar-refractivity contribution >= 4 is 28.5 Å². The fraction of sp³-hybridized carbons (Fsp3) is 0.368. The topological polar surface area (TPSA) is 27.7 Å². The van der Waals surface area contributed by atoms with Gasteiger partial charge in [0, 0.05) is 5.46 Å². The lowest BCUT2D eigenvalue weighted by Gasteiger charge is -2.32. The summed E-state index contributed by atoms with van der Waals surface area (Å²) in [6.07, 6.45) is 0. The lowest BCUT2D eigenvalue weighted by Crippen LogP contribution is -2.41. The lowest BCUT2D eigenvalue weighted by atomic mass is 9.78. The van der Waals surface area contributed by atoms with Gasteiger partial charge in [-0.05, 0) is 55.3 Å². The molecule has 0 spiro atoms. The van der Waals surface area contributed by atoms with Crippen molar-refractivity contribution in [2.24, 2.45) is 0 Å². The van der Waals surface area contributed by atoms with Crippen LogP contribution in [0.3, 0.4) is 0 Å². The summed E-state index contributed by atoms with van der Waals surface area (Å²) >= 11 is 3.59. The van der Waals surface area contributed by atoms with Crippen LogP contribution in [0.4, 0.5) is 0 Å². The average Bonchev–Trinajstić information content (AvgIpc) is 2.75. The van der Waals surface area contributed by atoms with E-state index in [2.05, 4.69) is 43.6 Å². The Morgan fingerprint density at radius 1 is 0.917 bits per heavy atom. The Hall–Kier alpha value is -1.30. The molecule has 1 aliphatic heterocycles. The number of halogens is 1. The third-order valence-corrected chi connectivity index (χ3v) is 5.36. The van der Waals surface area contributed by atoms with Gasteiger partial charge in [-0.3, -0.25) is 0 Å². The molecule has 1 aliphatic rings. The number of rotatable bonds is 4. The van der Waals surface area contributed by atoms with Gasteiger partial charge < -0.3 is 14.0 Å². The molecule has 1 saturated heterocycles. The van der Waals surface area contributed by atoms with Gasteiger partial charge in [-0.25, -0.2) is 0 Å². The Kier molecular flexibility index (Phi) is 4.78. The minimum absolute atomic E-state index is 0.378. The zero-order valence-corrected chi connectivity index (χ0v) is 16.1. The van der Waals surface area contributed by atoms with Gasteiger partial charge in [0.05, 0.1) is 15.7 Å². The normalized spacial score (nSPS) is 18.6. The molecule has 0 amide bonds. The van der Waals surface area contributed by atoms with E-state index in [1.165, 1.54) is 0 Å². The molecule has 0 aromatic heterocycles. The SMILES string of the molecule is CC1(C)OB(c2cccc(Br)c2OCc2ccccc2)OC1(C)C. The molecular formula is C19H22BBrO3. The highest BCUT2D eigenvalue weighted by Gasteiger charge is 2.52. The first-order valence-corrected chi connectivity index (χ1v) is 8.90. The second kappa shape index (κ2) is 6.55. The fourth-order valence-corrected chi connectivity index (χ4v) is 3.06. The van der Waals surface area contributed by atoms with E-state index in [-0.39, 0.29) is 11.2 Å². The summed E-state index contributed by atoms with van der Waals surface area (Å²) in [7, 11) is -0.446. The second-order valence-corrected chi connectivity index (χ2v) is 7.88. The van der Waals surface area contributed by atoms with Gasteiger partial charge >= 0.3 is 7.12 Å². The van der Waals surface area contributed by atoms with Crippen molar-refractivity contribution in [2.45, 2.75) is 45.5 Å². The summed E-state index contributed by atoms with van der Waals surface area (Å²) in [4.78, 5) is 0. The average molecular weight is 389 g/mol. The van der Waals surface area contributed by atoms with E-state index >= 15 is 0 Å². The Balaban J connectivity index is 1.86. The number of hydrogen-bond donors (Lipinski definition) is 0. The molecule has 0 radical (unpaired) electrons. The predicted octanol–water partition coefficient (Wildman–Crippen LogP) is 4.33. The third kappa shape index (κ3) is 3.39. The van der Waals surface area contributed by atoms with Crippen molar-refractivity contribution in [2.75, 3.05) is 0 Å². The van der Waals surface area contributed by atoms with E-state index in [9.17, 15) is 0 Å². The summed E-state index contributed by atoms with van der Waals surface area (Å²) in [5.74, 6) is 0.764. The van der Waals surface area contributed by atoms with Crippen LogP contribution in [-0.4, -0.2) is 18.3 Å². The zero-order chi connectivity index (χ0) is 17.4. The second-order valence-electron chi connectivity index (χ2n) is 7.02. The van der Waals surface area contributed by atoms with Crippen LogP contribution in [0.25, 0.3) is 0 Å². The highest BCUT2D eigenvalue weighted by atomic mass is 79.9. The molecule has 0 aliphatic carbocycles. The highest BCUT2D eigenvalue weighted by Crippen LogP contribution is 2.38. The minimum atomic E-state index is -0.446. The molecule has 1 fully saturated rings. The first-order valence-electron chi connectivity index (χ1n) is 8.11. The summed E-state index contributed by atoms with van der Waals surface area (Å²) < 4.78 is 19.3. The van der Waals surface area contributed by atoms with Crippen molar-refractivity contribution in [3.05, 3.63) is 58.6 Å². The van der Waals surface area contributed by atoms with Crippen molar-refractivity contribution in [1.82, 2.24) is 0 Å². The maximum atomic E-state index is 6.17. The Bertz CT molecular complexity index is 700. The zero-order valence-electron chi connectivity index (χ0n) is 14.5. The van der Waals surface area contributed by atoms with Gasteiger partial charge in [-0.2, -0.15) is 0 Å². The van der Waals surface area contributed by atoms with Gasteiger partial charge in [0.15, 0.2) is 0 Å². The smallest absolute Gasteiger partial charge is 0.488 e. The molecule has 0 unspecified atom stereocenters. The molecule has 2 aromatic rings. The van der Waals surface area contributed by atoms with Crippen LogP contribution in [0, 0.1) is 0 Å². The van der Waals surface area contributed by atoms with Gasteiger partial charge in [-0.15, -0.1) is 0 Å². The molecular weight excluding hydrogens is 367 g/mol. The summed E-state index contributed by atoms with van der Waals surface area (Å²) in [5.41, 5.74) is 1.26. The van der Waals surface area contributed by atoms with Crippen molar-refractivity contribution < 1.29 is 14.0 Å². The molecule has 0 N–H and O–H groups in total. The molecule has 126 valence electrons. The van der Waals surface area contributed by atoms with Crippen LogP contribution in [-0.2, 0) is 15.9 Å². The first kappa shape index (κ1) is 17.5. The Labute approximate surface area is 152 Å². The van der Waals surface area contributed by atoms with E-state index in [0.29, 0.717) is 6.61 Å². The maximum absolute atomic E-state index is 6.17. The number of benzene rings is 2. The van der Waals surface area contributed by atoms with Crippen molar-refractivity contribution in [3.8, 4) is 5.75 Å². The van der Waals surface area contributed by atoms with Gasteiger partial charge in [0.2, 0.25) is 0 Å². The molecule has 0 atom stereocenters. The molecule has 0 bridgehead atoms. The molecule has 3 rings (SSSR count). The third-order valence-electron chi connectivity index (χ3n) is 4.73. The van der Waals surface area contributed by atoms with Crippen LogP contribution in [0.5, 0.6) is 5.75 Å². The Morgan fingerprint density at radius 2 is 1.54 bits per heavy atom. The monoisotopic (exact) mass is 388 g/mol. The van der Waals surface area contributed by atoms with Gasteiger partial charge in [-0.1, -0.05) is 42.5 Å². The van der Waals surface area contributed by atoms with E-state index in [1.54, 1.807) is 0 Å². The summed E-state index contributed by atoms with van der Waals surface area (Å²) in [5, 5.41) is 0. The van der Waals surface area contributed by atoms with Crippen LogP contribution < -0.4 is 10.2 Å². The van der Waals surface area contributed by atoms with Crippen LogP contribution in [0.1, 0.15) is 33.3 Å². The van der Waals surface area contributed by atoms with Gasteiger partial charge in [0.25, 0.3) is 0 Å². The van der Waals surface area contributed by atoms with E-state index < -0.39 is 7.12 Å². The van der Waals surface area contributed by atoms with Crippen LogP contribution in [0.15, 0.2) is 53.0 Å². The minimum Gasteiger partial charge on any atom is -0.488 e. The largest absolute Gasteiger partial charge is 0.498 e. The molecule has 24 heavy (non-hydrogen) atoms. The first-order chi connectivity index (χ1) is 11.3. The van der Waals surface area contributed by atoms with Gasteiger partial charge in [0.1, 0.15) is 12.4 Å². The standard InChI is InChI=1S/C19H22BBrO3/c1-18(2)19(3,4)24-20(23-18)15-11-8-12-16(21)17(15)22-13-14-9-6-5-7-10-14/h5-12H,13H2,1-4H3. The number of ether oxygens (including phenoxy) is 1. The predicted molar refractivity (Wildman–Crippen MR) is 101 cm³/mol. The maximum Gasteiger partial charge on any atom is 0.498 e. The molecule has 1 heterocycles. The van der Waals surface area contributed by atoms with Crippen LogP contribution >= 0.6 is 15.9 Å². The number of hydrogen-bond acceptors (Lipinski definition) is 3. The van der Waals surface area contributed by atoms with E-state index in [0.717, 1.165) is 21.2 Å². The van der Waals surface area contributed by atoms with Crippen LogP contribution in [0.2, 0.25) is 0 Å².